The summed E-state index contributed by atoms with van der Waals surface area (Å²) in [6, 6.07) is 8.46. The van der Waals surface area contributed by atoms with Crippen molar-refractivity contribution in [3.63, 3.8) is 0 Å². The second-order valence-electron chi connectivity index (χ2n) is 8.33. The second-order valence-corrected chi connectivity index (χ2v) is 8.33. The summed E-state index contributed by atoms with van der Waals surface area (Å²) >= 11 is 0. The summed E-state index contributed by atoms with van der Waals surface area (Å²) in [5.74, 6) is 2.48. The normalized spacial score (nSPS) is 25.7. The summed E-state index contributed by atoms with van der Waals surface area (Å²) in [5, 5.41) is 0. The topological polar surface area (TPSA) is 30.9 Å². The Morgan fingerprint density at radius 1 is 1.12 bits per heavy atom. The Kier molecular flexibility index (Phi) is 5.82. The van der Waals surface area contributed by atoms with Gasteiger partial charge in [-0.3, -0.25) is 4.90 Å². The van der Waals surface area contributed by atoms with E-state index in [9.17, 15) is 0 Å². The van der Waals surface area contributed by atoms with Crippen LogP contribution in [-0.4, -0.2) is 50.5 Å². The number of methoxy groups -OCH3 is 1. The molecule has 0 unspecified atom stereocenters. The van der Waals surface area contributed by atoms with Crippen molar-refractivity contribution >= 4 is 0 Å². The van der Waals surface area contributed by atoms with E-state index in [2.05, 4.69) is 29.2 Å². The SMILES string of the molecule is COc1ccc(CN2CCC3(CC2)OCC[C@H]3CCOCC2CC2)cc1. The number of likely N-dealkylation sites (tertiary alicyclic amines) is 1. The van der Waals surface area contributed by atoms with Gasteiger partial charge < -0.3 is 14.2 Å². The maximum Gasteiger partial charge on any atom is 0.118 e. The minimum atomic E-state index is 0.124. The number of benzene rings is 1. The molecule has 4 heteroatoms. The third kappa shape index (κ3) is 4.41. The Labute approximate surface area is 157 Å². The van der Waals surface area contributed by atoms with Gasteiger partial charge in [0, 0.05) is 39.5 Å². The minimum absolute atomic E-state index is 0.124. The second kappa shape index (κ2) is 8.28. The molecule has 4 nitrogen and oxygen atoms in total. The van der Waals surface area contributed by atoms with E-state index in [0.29, 0.717) is 5.92 Å². The highest BCUT2D eigenvalue weighted by Gasteiger charge is 2.45. The van der Waals surface area contributed by atoms with Gasteiger partial charge in [0.05, 0.1) is 12.7 Å². The van der Waals surface area contributed by atoms with Crippen molar-refractivity contribution in [2.24, 2.45) is 11.8 Å². The zero-order chi connectivity index (χ0) is 17.8. The van der Waals surface area contributed by atoms with Crippen LogP contribution in [0, 0.1) is 11.8 Å². The molecular weight excluding hydrogens is 326 g/mol. The molecule has 2 saturated heterocycles. The molecule has 2 heterocycles. The molecule has 1 atom stereocenters. The fourth-order valence-corrected chi connectivity index (χ4v) is 4.58. The molecule has 3 fully saturated rings. The highest BCUT2D eigenvalue weighted by atomic mass is 16.5. The van der Waals surface area contributed by atoms with Crippen LogP contribution in [0.15, 0.2) is 24.3 Å². The number of hydrogen-bond acceptors (Lipinski definition) is 4. The maximum absolute atomic E-state index is 6.31. The Hall–Kier alpha value is -1.10. The van der Waals surface area contributed by atoms with Crippen molar-refractivity contribution in [2.75, 3.05) is 40.0 Å². The number of nitrogens with zero attached hydrogens (tertiary/aromatic N) is 1. The van der Waals surface area contributed by atoms with Gasteiger partial charge in [-0.1, -0.05) is 12.1 Å². The van der Waals surface area contributed by atoms with Crippen LogP contribution in [0.1, 0.15) is 44.1 Å². The number of hydrogen-bond donors (Lipinski definition) is 0. The molecule has 4 rings (SSSR count). The molecule has 144 valence electrons. The molecule has 26 heavy (non-hydrogen) atoms. The van der Waals surface area contributed by atoms with Gasteiger partial charge in [-0.05, 0) is 68.1 Å². The first kappa shape index (κ1) is 18.3. The third-order valence-electron chi connectivity index (χ3n) is 6.53. The molecule has 1 aliphatic carbocycles. The quantitative estimate of drug-likeness (QED) is 0.659. The fourth-order valence-electron chi connectivity index (χ4n) is 4.58. The Bertz CT molecular complexity index is 561. The van der Waals surface area contributed by atoms with Gasteiger partial charge in [0.15, 0.2) is 0 Å². The number of rotatable bonds is 8. The summed E-state index contributed by atoms with van der Waals surface area (Å²) in [6.07, 6.45) is 7.46. The van der Waals surface area contributed by atoms with Gasteiger partial charge in [-0.2, -0.15) is 0 Å². The van der Waals surface area contributed by atoms with E-state index < -0.39 is 0 Å². The van der Waals surface area contributed by atoms with Crippen molar-refractivity contribution in [3.05, 3.63) is 29.8 Å². The highest BCUT2D eigenvalue weighted by Crippen LogP contribution is 2.42. The number of ether oxygens (including phenoxy) is 3. The van der Waals surface area contributed by atoms with Gasteiger partial charge in [0.2, 0.25) is 0 Å². The predicted octanol–water partition coefficient (Wildman–Crippen LogP) is 3.88. The smallest absolute Gasteiger partial charge is 0.118 e. The van der Waals surface area contributed by atoms with E-state index >= 15 is 0 Å². The third-order valence-corrected chi connectivity index (χ3v) is 6.53. The molecule has 0 bridgehead atoms. The molecule has 1 spiro atoms. The van der Waals surface area contributed by atoms with Crippen molar-refractivity contribution in [1.29, 1.82) is 0 Å². The van der Waals surface area contributed by atoms with E-state index in [0.717, 1.165) is 64.0 Å². The van der Waals surface area contributed by atoms with E-state index in [1.807, 2.05) is 0 Å². The van der Waals surface area contributed by atoms with Crippen LogP contribution in [0.2, 0.25) is 0 Å². The van der Waals surface area contributed by atoms with Crippen LogP contribution < -0.4 is 4.74 Å². The van der Waals surface area contributed by atoms with Gasteiger partial charge in [0.25, 0.3) is 0 Å². The summed E-state index contributed by atoms with van der Waals surface area (Å²) in [7, 11) is 1.72. The lowest BCUT2D eigenvalue weighted by atomic mass is 9.78. The maximum atomic E-state index is 6.31. The van der Waals surface area contributed by atoms with E-state index in [1.165, 1.54) is 31.2 Å². The molecule has 0 radical (unpaired) electrons. The van der Waals surface area contributed by atoms with Gasteiger partial charge in [-0.15, -0.1) is 0 Å². The average Bonchev–Trinajstić information content (AvgIpc) is 3.43. The monoisotopic (exact) mass is 359 g/mol. The molecule has 2 aliphatic heterocycles. The fraction of sp³-hybridized carbons (Fsp3) is 0.727. The van der Waals surface area contributed by atoms with Crippen LogP contribution in [0.25, 0.3) is 0 Å². The van der Waals surface area contributed by atoms with Crippen LogP contribution >= 0.6 is 0 Å². The number of piperidine rings is 1. The first-order valence-electron chi connectivity index (χ1n) is 10.3. The van der Waals surface area contributed by atoms with Crippen molar-refractivity contribution < 1.29 is 14.2 Å². The first-order valence-corrected chi connectivity index (χ1v) is 10.3. The molecule has 3 aliphatic rings. The van der Waals surface area contributed by atoms with Crippen molar-refractivity contribution in [3.8, 4) is 5.75 Å². The average molecular weight is 360 g/mol. The van der Waals surface area contributed by atoms with Gasteiger partial charge in [-0.25, -0.2) is 0 Å². The Balaban J connectivity index is 1.24. The molecular formula is C22H33NO3. The van der Waals surface area contributed by atoms with Crippen LogP contribution in [0.3, 0.4) is 0 Å². The Morgan fingerprint density at radius 3 is 2.58 bits per heavy atom. The van der Waals surface area contributed by atoms with Gasteiger partial charge >= 0.3 is 0 Å². The molecule has 0 N–H and O–H groups in total. The molecule has 0 amide bonds. The van der Waals surface area contributed by atoms with Crippen LogP contribution in [0.5, 0.6) is 5.75 Å². The largest absolute Gasteiger partial charge is 0.497 e. The molecule has 1 aromatic carbocycles. The lowest BCUT2D eigenvalue weighted by Gasteiger charge is -2.42. The van der Waals surface area contributed by atoms with Crippen LogP contribution in [-0.2, 0) is 16.0 Å². The zero-order valence-electron chi connectivity index (χ0n) is 16.1. The highest BCUT2D eigenvalue weighted by molar-refractivity contribution is 5.27. The van der Waals surface area contributed by atoms with Crippen molar-refractivity contribution in [2.45, 2.75) is 50.7 Å². The lowest BCUT2D eigenvalue weighted by molar-refractivity contribution is -0.0731. The summed E-state index contributed by atoms with van der Waals surface area (Å²) in [4.78, 5) is 2.56. The van der Waals surface area contributed by atoms with Gasteiger partial charge in [0.1, 0.15) is 5.75 Å². The summed E-state index contributed by atoms with van der Waals surface area (Å²) in [6.45, 7) is 6.12. The van der Waals surface area contributed by atoms with E-state index in [4.69, 9.17) is 14.2 Å². The predicted molar refractivity (Wildman–Crippen MR) is 102 cm³/mol. The summed E-state index contributed by atoms with van der Waals surface area (Å²) in [5.41, 5.74) is 1.48. The molecule has 1 aromatic rings. The Morgan fingerprint density at radius 2 is 1.88 bits per heavy atom. The summed E-state index contributed by atoms with van der Waals surface area (Å²) < 4.78 is 17.5. The standard InChI is InChI=1S/C22H33NO3/c1-24-21-6-4-18(5-7-21)16-23-12-10-22(11-13-23)20(9-15-26-22)8-14-25-17-19-2-3-19/h4-7,19-20H,2-3,8-17H2,1H3/t20-/m1/s1. The lowest BCUT2D eigenvalue weighted by Crippen LogP contribution is -2.47. The minimum Gasteiger partial charge on any atom is -0.497 e. The molecule has 0 aromatic heterocycles. The van der Waals surface area contributed by atoms with Crippen LogP contribution in [0.4, 0.5) is 0 Å². The van der Waals surface area contributed by atoms with Crippen molar-refractivity contribution in [1.82, 2.24) is 4.90 Å². The molecule has 1 saturated carbocycles. The zero-order valence-corrected chi connectivity index (χ0v) is 16.1. The van der Waals surface area contributed by atoms with E-state index in [1.54, 1.807) is 7.11 Å². The van der Waals surface area contributed by atoms with E-state index in [-0.39, 0.29) is 5.60 Å². The first-order chi connectivity index (χ1) is 12.8.